The van der Waals surface area contributed by atoms with E-state index in [2.05, 4.69) is 4.98 Å². The fraction of sp³-hybridized carbons (Fsp3) is 0.286. The SMILES string of the molecule is CCn1c(-c2cc(Cl)ccc2OCCO)cc(=O)[nH]c1=S. The second-order valence-corrected chi connectivity index (χ2v) is 5.10. The molecule has 0 saturated carbocycles. The minimum atomic E-state index is -0.284. The Morgan fingerprint density at radius 3 is 2.86 bits per heavy atom. The Kier molecular flexibility index (Phi) is 5.17. The van der Waals surface area contributed by atoms with Crippen molar-refractivity contribution in [2.45, 2.75) is 13.5 Å². The molecule has 1 aromatic heterocycles. The van der Waals surface area contributed by atoms with Crippen LogP contribution >= 0.6 is 23.8 Å². The number of aromatic amines is 1. The minimum absolute atomic E-state index is 0.0997. The fourth-order valence-electron chi connectivity index (χ4n) is 2.04. The average molecular weight is 327 g/mol. The summed E-state index contributed by atoms with van der Waals surface area (Å²) >= 11 is 11.2. The van der Waals surface area contributed by atoms with Gasteiger partial charge in [-0.3, -0.25) is 9.78 Å². The number of H-pyrrole nitrogens is 1. The number of rotatable bonds is 5. The summed E-state index contributed by atoms with van der Waals surface area (Å²) in [4.78, 5) is 14.3. The zero-order valence-electron chi connectivity index (χ0n) is 11.4. The first kappa shape index (κ1) is 15.8. The fourth-order valence-corrected chi connectivity index (χ4v) is 2.54. The summed E-state index contributed by atoms with van der Waals surface area (Å²) in [6, 6.07) is 6.56. The van der Waals surface area contributed by atoms with E-state index in [0.29, 0.717) is 33.3 Å². The van der Waals surface area contributed by atoms with Gasteiger partial charge in [0, 0.05) is 23.2 Å². The molecule has 2 N–H and O–H groups in total. The molecule has 1 aromatic carbocycles. The van der Waals surface area contributed by atoms with Crippen LogP contribution in [0.1, 0.15) is 6.92 Å². The first-order valence-corrected chi connectivity index (χ1v) is 7.23. The molecule has 2 aromatic rings. The van der Waals surface area contributed by atoms with E-state index in [9.17, 15) is 4.79 Å². The van der Waals surface area contributed by atoms with Crippen molar-refractivity contribution < 1.29 is 9.84 Å². The van der Waals surface area contributed by atoms with Crippen LogP contribution in [0.4, 0.5) is 0 Å². The Morgan fingerprint density at radius 1 is 1.43 bits per heavy atom. The zero-order chi connectivity index (χ0) is 15.4. The Bertz CT molecular complexity index is 755. The molecule has 7 heteroatoms. The van der Waals surface area contributed by atoms with Gasteiger partial charge in [0.2, 0.25) is 0 Å². The summed E-state index contributed by atoms with van der Waals surface area (Å²) in [6.45, 7) is 2.58. The van der Waals surface area contributed by atoms with Gasteiger partial charge in [-0.05, 0) is 37.3 Å². The Hall–Kier alpha value is -1.63. The predicted octanol–water partition coefficient (Wildman–Crippen LogP) is 2.62. The van der Waals surface area contributed by atoms with Crippen molar-refractivity contribution in [3.63, 3.8) is 0 Å². The third-order valence-corrected chi connectivity index (χ3v) is 3.47. The minimum Gasteiger partial charge on any atom is -0.490 e. The van der Waals surface area contributed by atoms with Gasteiger partial charge < -0.3 is 14.4 Å². The summed E-state index contributed by atoms with van der Waals surface area (Å²) in [5.74, 6) is 0.538. The highest BCUT2D eigenvalue weighted by molar-refractivity contribution is 7.71. The number of aliphatic hydroxyl groups excluding tert-OH is 1. The van der Waals surface area contributed by atoms with Crippen molar-refractivity contribution in [1.82, 2.24) is 9.55 Å². The summed E-state index contributed by atoms with van der Waals surface area (Å²) in [7, 11) is 0. The maximum absolute atomic E-state index is 11.7. The van der Waals surface area contributed by atoms with Crippen molar-refractivity contribution in [2.24, 2.45) is 0 Å². The summed E-state index contributed by atoms with van der Waals surface area (Å²) in [5, 5.41) is 9.43. The zero-order valence-corrected chi connectivity index (χ0v) is 13.0. The molecule has 2 rings (SSSR count). The lowest BCUT2D eigenvalue weighted by Gasteiger charge is -2.15. The molecule has 0 spiro atoms. The summed E-state index contributed by atoms with van der Waals surface area (Å²) in [5.41, 5.74) is 1.00. The van der Waals surface area contributed by atoms with E-state index in [1.165, 1.54) is 6.07 Å². The van der Waals surface area contributed by atoms with E-state index < -0.39 is 0 Å². The Balaban J connectivity index is 2.68. The van der Waals surface area contributed by atoms with Crippen LogP contribution in [-0.4, -0.2) is 27.9 Å². The van der Waals surface area contributed by atoms with E-state index in [4.69, 9.17) is 33.7 Å². The topological polar surface area (TPSA) is 67.2 Å². The standard InChI is InChI=1S/C14H15ClN2O3S/c1-2-17-11(8-13(19)16-14(17)21)10-7-9(15)3-4-12(10)20-6-5-18/h3-4,7-8,18H,2,5-6H2,1H3,(H,16,19,21). The van der Waals surface area contributed by atoms with Crippen molar-refractivity contribution in [2.75, 3.05) is 13.2 Å². The van der Waals surface area contributed by atoms with Crippen LogP contribution in [0.5, 0.6) is 5.75 Å². The Morgan fingerprint density at radius 2 is 2.19 bits per heavy atom. The number of hydrogen-bond donors (Lipinski definition) is 2. The van der Waals surface area contributed by atoms with Crippen LogP contribution in [-0.2, 0) is 6.54 Å². The molecule has 21 heavy (non-hydrogen) atoms. The molecule has 0 amide bonds. The van der Waals surface area contributed by atoms with Gasteiger partial charge in [-0.15, -0.1) is 0 Å². The largest absolute Gasteiger partial charge is 0.490 e. The number of halogens is 1. The second kappa shape index (κ2) is 6.89. The highest BCUT2D eigenvalue weighted by Gasteiger charge is 2.12. The third-order valence-electron chi connectivity index (χ3n) is 2.92. The molecule has 0 bridgehead atoms. The monoisotopic (exact) mass is 326 g/mol. The molecule has 1 heterocycles. The van der Waals surface area contributed by atoms with E-state index >= 15 is 0 Å². The predicted molar refractivity (Wildman–Crippen MR) is 84.6 cm³/mol. The van der Waals surface area contributed by atoms with Crippen LogP contribution in [0.2, 0.25) is 5.02 Å². The highest BCUT2D eigenvalue weighted by Crippen LogP contribution is 2.32. The quantitative estimate of drug-likeness (QED) is 0.829. The molecule has 0 atom stereocenters. The normalized spacial score (nSPS) is 10.6. The number of ether oxygens (including phenoxy) is 1. The van der Waals surface area contributed by atoms with Crippen LogP contribution in [0.15, 0.2) is 29.1 Å². The molecule has 0 radical (unpaired) electrons. The van der Waals surface area contributed by atoms with Gasteiger partial charge in [-0.1, -0.05) is 11.6 Å². The van der Waals surface area contributed by atoms with Gasteiger partial charge in [-0.2, -0.15) is 0 Å². The molecule has 112 valence electrons. The molecule has 0 fully saturated rings. The number of hydrogen-bond acceptors (Lipinski definition) is 4. The number of nitrogens with one attached hydrogen (secondary N) is 1. The lowest BCUT2D eigenvalue weighted by Crippen LogP contribution is -2.14. The highest BCUT2D eigenvalue weighted by atomic mass is 35.5. The van der Waals surface area contributed by atoms with Crippen molar-refractivity contribution in [1.29, 1.82) is 0 Å². The number of nitrogens with zero attached hydrogens (tertiary/aromatic N) is 1. The van der Waals surface area contributed by atoms with Gasteiger partial charge in [0.05, 0.1) is 12.3 Å². The lowest BCUT2D eigenvalue weighted by molar-refractivity contribution is 0.202. The van der Waals surface area contributed by atoms with E-state index in [0.717, 1.165) is 0 Å². The van der Waals surface area contributed by atoms with E-state index in [1.54, 1.807) is 22.8 Å². The first-order valence-electron chi connectivity index (χ1n) is 6.44. The molecule has 0 saturated heterocycles. The number of benzene rings is 1. The maximum atomic E-state index is 11.7. The molecule has 0 aliphatic rings. The smallest absolute Gasteiger partial charge is 0.252 e. The lowest BCUT2D eigenvalue weighted by atomic mass is 10.1. The van der Waals surface area contributed by atoms with Crippen molar-refractivity contribution in [3.05, 3.63) is 44.4 Å². The number of aliphatic hydroxyl groups is 1. The van der Waals surface area contributed by atoms with Gasteiger partial charge in [0.15, 0.2) is 4.77 Å². The third kappa shape index (κ3) is 3.53. The average Bonchev–Trinajstić information content (AvgIpc) is 2.45. The summed E-state index contributed by atoms with van der Waals surface area (Å²) in [6.07, 6.45) is 0. The van der Waals surface area contributed by atoms with Gasteiger partial charge in [0.1, 0.15) is 12.4 Å². The molecule has 0 aliphatic heterocycles. The van der Waals surface area contributed by atoms with E-state index in [-0.39, 0.29) is 18.8 Å². The Labute approximate surface area is 131 Å². The van der Waals surface area contributed by atoms with E-state index in [1.807, 2.05) is 6.92 Å². The number of aromatic nitrogens is 2. The summed E-state index contributed by atoms with van der Waals surface area (Å²) < 4.78 is 7.63. The molecule has 0 aliphatic carbocycles. The van der Waals surface area contributed by atoms with Gasteiger partial charge in [0.25, 0.3) is 5.56 Å². The molecule has 0 unspecified atom stereocenters. The van der Waals surface area contributed by atoms with Crippen LogP contribution < -0.4 is 10.3 Å². The molecular weight excluding hydrogens is 312 g/mol. The van der Waals surface area contributed by atoms with Crippen molar-refractivity contribution >= 4 is 23.8 Å². The van der Waals surface area contributed by atoms with Crippen molar-refractivity contribution in [3.8, 4) is 17.0 Å². The van der Waals surface area contributed by atoms with Crippen LogP contribution in [0, 0.1) is 4.77 Å². The first-order chi connectivity index (χ1) is 10.1. The van der Waals surface area contributed by atoms with Crippen LogP contribution in [0.25, 0.3) is 11.3 Å². The van der Waals surface area contributed by atoms with Crippen LogP contribution in [0.3, 0.4) is 0 Å². The molecule has 5 nitrogen and oxygen atoms in total. The second-order valence-electron chi connectivity index (χ2n) is 4.28. The van der Waals surface area contributed by atoms with Gasteiger partial charge >= 0.3 is 0 Å². The molecular formula is C14H15ClN2O3S. The maximum Gasteiger partial charge on any atom is 0.252 e. The van der Waals surface area contributed by atoms with Gasteiger partial charge in [-0.25, -0.2) is 0 Å².